The highest BCUT2D eigenvalue weighted by Crippen LogP contribution is 2.32. The largest absolute Gasteiger partial charge is 0.479 e. The van der Waals surface area contributed by atoms with Crippen LogP contribution in [0.3, 0.4) is 0 Å². The first-order valence-electron chi connectivity index (χ1n) is 7.14. The normalized spacial score (nSPS) is 17.1. The third kappa shape index (κ3) is 2.61. The number of rotatable bonds is 4. The summed E-state index contributed by atoms with van der Waals surface area (Å²) < 4.78 is 11.9. The number of furan rings is 1. The summed E-state index contributed by atoms with van der Waals surface area (Å²) in [5, 5.41) is 13.8. The molecule has 0 saturated carbocycles. The van der Waals surface area contributed by atoms with Crippen LogP contribution in [0.5, 0.6) is 0 Å². The predicted molar refractivity (Wildman–Crippen MR) is 77.7 cm³/mol. The van der Waals surface area contributed by atoms with Crippen molar-refractivity contribution in [3.8, 4) is 0 Å². The molecule has 1 atom stereocenters. The fourth-order valence-electron chi connectivity index (χ4n) is 2.91. The van der Waals surface area contributed by atoms with Gasteiger partial charge >= 0.3 is 5.97 Å². The van der Waals surface area contributed by atoms with Crippen molar-refractivity contribution < 1.29 is 23.8 Å². The van der Waals surface area contributed by atoms with Crippen molar-refractivity contribution in [2.45, 2.75) is 19.1 Å². The van der Waals surface area contributed by atoms with Crippen molar-refractivity contribution in [3.05, 3.63) is 41.1 Å². The van der Waals surface area contributed by atoms with Crippen molar-refractivity contribution in [1.82, 2.24) is 14.7 Å². The Bertz CT molecular complexity index is 748. The number of aromatic nitrogens is 2. The van der Waals surface area contributed by atoms with Crippen LogP contribution in [0, 0.1) is 0 Å². The number of aliphatic carboxylic acids is 1. The van der Waals surface area contributed by atoms with Gasteiger partial charge in [-0.1, -0.05) is 0 Å². The van der Waals surface area contributed by atoms with Crippen molar-refractivity contribution in [2.75, 3.05) is 13.7 Å². The van der Waals surface area contributed by atoms with Crippen molar-refractivity contribution in [1.29, 1.82) is 0 Å². The van der Waals surface area contributed by atoms with E-state index in [1.807, 2.05) is 0 Å². The molecule has 23 heavy (non-hydrogen) atoms. The Balaban J connectivity index is 1.97. The second-order valence-corrected chi connectivity index (χ2v) is 5.38. The number of carboxylic acid groups (broad SMARTS) is 1. The zero-order valence-electron chi connectivity index (χ0n) is 12.9. The monoisotopic (exact) mass is 319 g/mol. The number of hydrogen-bond donors (Lipinski definition) is 1. The average molecular weight is 319 g/mol. The second-order valence-electron chi connectivity index (χ2n) is 5.38. The molecule has 0 aliphatic carbocycles. The van der Waals surface area contributed by atoms with Crippen LogP contribution >= 0.6 is 0 Å². The topological polar surface area (TPSA) is 97.8 Å². The number of nitrogens with zero attached hydrogens (tertiary/aromatic N) is 3. The quantitative estimate of drug-likeness (QED) is 0.902. The van der Waals surface area contributed by atoms with Gasteiger partial charge in [-0.25, -0.2) is 4.79 Å². The van der Waals surface area contributed by atoms with Crippen LogP contribution in [0.1, 0.15) is 33.4 Å². The molecule has 2 aromatic rings. The van der Waals surface area contributed by atoms with E-state index in [1.165, 1.54) is 23.0 Å². The lowest BCUT2D eigenvalue weighted by molar-refractivity contribution is -0.143. The molecule has 0 bridgehead atoms. The number of carboxylic acids is 1. The van der Waals surface area contributed by atoms with Gasteiger partial charge in [-0.2, -0.15) is 5.10 Å². The predicted octanol–water partition coefficient (Wildman–Crippen LogP) is 0.984. The first-order valence-corrected chi connectivity index (χ1v) is 7.14. The maximum absolute atomic E-state index is 12.9. The van der Waals surface area contributed by atoms with Crippen LogP contribution in [-0.4, -0.2) is 45.3 Å². The van der Waals surface area contributed by atoms with E-state index < -0.39 is 12.0 Å². The van der Waals surface area contributed by atoms with Crippen LogP contribution in [0.4, 0.5) is 0 Å². The number of carbonyl (C=O) groups excluding carboxylic acids is 1. The molecule has 0 radical (unpaired) electrons. The average Bonchev–Trinajstić information content (AvgIpc) is 3.11. The van der Waals surface area contributed by atoms with E-state index in [0.717, 1.165) is 0 Å². The van der Waals surface area contributed by atoms with Gasteiger partial charge in [-0.05, 0) is 6.07 Å². The minimum absolute atomic E-state index is 0.185. The van der Waals surface area contributed by atoms with E-state index in [9.17, 15) is 14.7 Å². The minimum Gasteiger partial charge on any atom is -0.479 e. The van der Waals surface area contributed by atoms with Gasteiger partial charge in [0.15, 0.2) is 6.04 Å². The van der Waals surface area contributed by atoms with Gasteiger partial charge in [-0.15, -0.1) is 0 Å². The van der Waals surface area contributed by atoms with E-state index in [1.54, 1.807) is 19.3 Å². The van der Waals surface area contributed by atoms with Crippen LogP contribution in [0.15, 0.2) is 22.9 Å². The number of aryl methyl sites for hydroxylation is 1. The lowest BCUT2D eigenvalue weighted by atomic mass is 9.98. The zero-order valence-corrected chi connectivity index (χ0v) is 12.9. The summed E-state index contributed by atoms with van der Waals surface area (Å²) >= 11 is 0. The highest BCUT2D eigenvalue weighted by molar-refractivity contribution is 5.98. The molecule has 0 spiro atoms. The standard InChI is InChI=1S/C15H17N3O5/c1-17-7-10(11(16-17)8-22-2)14(19)18-5-3-12-9(4-6-23-12)13(18)15(20)21/h4,6-7,13H,3,5,8H2,1-2H3,(H,20,21). The molecule has 0 fully saturated rings. The molecular formula is C15H17N3O5. The summed E-state index contributed by atoms with van der Waals surface area (Å²) in [5.74, 6) is -0.841. The summed E-state index contributed by atoms with van der Waals surface area (Å²) in [5.41, 5.74) is 1.36. The molecule has 2 aromatic heterocycles. The molecular weight excluding hydrogens is 302 g/mol. The lowest BCUT2D eigenvalue weighted by Crippen LogP contribution is -2.43. The van der Waals surface area contributed by atoms with Crippen LogP contribution in [0.25, 0.3) is 0 Å². The van der Waals surface area contributed by atoms with Crippen molar-refractivity contribution >= 4 is 11.9 Å². The van der Waals surface area contributed by atoms with Gasteiger partial charge in [0.1, 0.15) is 11.5 Å². The Morgan fingerprint density at radius 2 is 2.30 bits per heavy atom. The van der Waals surface area contributed by atoms with Crippen molar-refractivity contribution in [3.63, 3.8) is 0 Å². The fraction of sp³-hybridized carbons (Fsp3) is 0.400. The summed E-state index contributed by atoms with van der Waals surface area (Å²) in [7, 11) is 3.22. The maximum atomic E-state index is 12.9. The molecule has 1 amide bonds. The Morgan fingerprint density at radius 3 is 3.00 bits per heavy atom. The van der Waals surface area contributed by atoms with Crippen molar-refractivity contribution in [2.24, 2.45) is 7.05 Å². The molecule has 0 saturated heterocycles. The fourth-order valence-corrected chi connectivity index (χ4v) is 2.91. The van der Waals surface area contributed by atoms with E-state index >= 15 is 0 Å². The molecule has 3 rings (SSSR count). The van der Waals surface area contributed by atoms with Crippen LogP contribution in [0.2, 0.25) is 0 Å². The second kappa shape index (κ2) is 5.88. The molecule has 1 aliphatic rings. The molecule has 0 aromatic carbocycles. The number of methoxy groups -OCH3 is 1. The Labute approximate surface area is 132 Å². The first-order chi connectivity index (χ1) is 11.0. The Morgan fingerprint density at radius 1 is 1.52 bits per heavy atom. The molecule has 8 nitrogen and oxygen atoms in total. The van der Waals surface area contributed by atoms with Gasteiger partial charge < -0.3 is 19.2 Å². The number of fused-ring (bicyclic) bond motifs is 1. The highest BCUT2D eigenvalue weighted by atomic mass is 16.5. The lowest BCUT2D eigenvalue weighted by Gasteiger charge is -2.32. The number of carbonyl (C=O) groups is 2. The third-order valence-electron chi connectivity index (χ3n) is 3.88. The number of ether oxygens (including phenoxy) is 1. The molecule has 1 unspecified atom stereocenters. The van der Waals surface area contributed by atoms with E-state index in [0.29, 0.717) is 29.0 Å². The van der Waals surface area contributed by atoms with Gasteiger partial charge in [0.2, 0.25) is 0 Å². The SMILES string of the molecule is COCc1nn(C)cc1C(=O)N1CCc2occc2C1C(=O)O. The Hall–Kier alpha value is -2.61. The molecule has 122 valence electrons. The smallest absolute Gasteiger partial charge is 0.331 e. The van der Waals surface area contributed by atoms with Gasteiger partial charge in [-0.3, -0.25) is 9.48 Å². The Kier molecular flexibility index (Phi) is 3.91. The minimum atomic E-state index is -1.09. The van der Waals surface area contributed by atoms with Crippen LogP contribution in [-0.2, 0) is 29.6 Å². The van der Waals surface area contributed by atoms with Gasteiger partial charge in [0.25, 0.3) is 5.91 Å². The summed E-state index contributed by atoms with van der Waals surface area (Å²) in [6.07, 6.45) is 3.52. The highest BCUT2D eigenvalue weighted by Gasteiger charge is 2.38. The van der Waals surface area contributed by atoms with Crippen LogP contribution < -0.4 is 0 Å². The summed E-state index contributed by atoms with van der Waals surface area (Å²) in [4.78, 5) is 25.9. The first kappa shape index (κ1) is 15.3. The van der Waals surface area contributed by atoms with Gasteiger partial charge in [0.05, 0.1) is 18.4 Å². The van der Waals surface area contributed by atoms with E-state index in [2.05, 4.69) is 5.10 Å². The van der Waals surface area contributed by atoms with E-state index in [-0.39, 0.29) is 19.1 Å². The molecule has 1 aliphatic heterocycles. The third-order valence-corrected chi connectivity index (χ3v) is 3.88. The molecule has 1 N–H and O–H groups in total. The number of amides is 1. The number of hydrogen-bond acceptors (Lipinski definition) is 5. The summed E-state index contributed by atoms with van der Waals surface area (Å²) in [6.45, 7) is 0.460. The zero-order chi connectivity index (χ0) is 16.6. The molecule has 3 heterocycles. The molecule has 8 heteroatoms. The summed E-state index contributed by atoms with van der Waals surface area (Å²) in [6, 6.07) is 0.549. The van der Waals surface area contributed by atoms with Gasteiger partial charge in [0, 0.05) is 38.9 Å². The van der Waals surface area contributed by atoms with E-state index in [4.69, 9.17) is 9.15 Å². The maximum Gasteiger partial charge on any atom is 0.331 e.